The lowest BCUT2D eigenvalue weighted by Gasteiger charge is -2.17. The van der Waals surface area contributed by atoms with Crippen LogP contribution >= 0.6 is 0 Å². The van der Waals surface area contributed by atoms with Gasteiger partial charge in [-0.15, -0.1) is 0 Å². The number of anilines is 3. The summed E-state index contributed by atoms with van der Waals surface area (Å²) in [6.07, 6.45) is 0. The minimum Gasteiger partial charge on any atom is -0.478 e. The Balaban J connectivity index is 2.08. The second-order valence-electron chi connectivity index (χ2n) is 6.17. The maximum atomic E-state index is 11.8. The van der Waals surface area contributed by atoms with Gasteiger partial charge in [0.15, 0.2) is 5.84 Å². The van der Waals surface area contributed by atoms with Gasteiger partial charge in [0.25, 0.3) is 0 Å². The average Bonchev–Trinajstić information content (AvgIpc) is 2.75. The molecule has 0 unspecified atom stereocenters. The Morgan fingerprint density at radius 2 is 1.67 bits per heavy atom. The molecule has 0 radical (unpaired) electrons. The minimum atomic E-state index is -1.13. The van der Waals surface area contributed by atoms with Gasteiger partial charge in [-0.2, -0.15) is 10.4 Å². The molecule has 0 aliphatic rings. The highest BCUT2D eigenvalue weighted by molar-refractivity contribution is 6.45. The van der Waals surface area contributed by atoms with Gasteiger partial charge in [0.05, 0.1) is 16.9 Å². The van der Waals surface area contributed by atoms with Gasteiger partial charge < -0.3 is 16.2 Å². The number of hydrazone groups is 1. The molecule has 0 atom stereocenters. The molecule has 0 fully saturated rings. The molecule has 0 aliphatic heterocycles. The summed E-state index contributed by atoms with van der Waals surface area (Å²) in [5.74, 6) is -1.63. The minimum absolute atomic E-state index is 0.0133. The van der Waals surface area contributed by atoms with Crippen molar-refractivity contribution in [2.45, 2.75) is 0 Å². The summed E-state index contributed by atoms with van der Waals surface area (Å²) in [6.45, 7) is 0. The number of nitrogens with two attached hydrogens (primary N) is 1. The van der Waals surface area contributed by atoms with Crippen LogP contribution in [0.25, 0.3) is 11.1 Å². The molecular formula is C22H18N6O2. The van der Waals surface area contributed by atoms with E-state index in [1.807, 2.05) is 54.6 Å². The third-order valence-corrected chi connectivity index (χ3v) is 4.22. The van der Waals surface area contributed by atoms with Crippen LogP contribution in [0.1, 0.15) is 10.4 Å². The predicted molar refractivity (Wildman–Crippen MR) is 117 cm³/mol. The second-order valence-corrected chi connectivity index (χ2v) is 6.17. The third-order valence-electron chi connectivity index (χ3n) is 4.22. The number of hydrogen-bond donors (Lipinski definition) is 5. The van der Waals surface area contributed by atoms with Gasteiger partial charge in [-0.05, 0) is 23.8 Å². The van der Waals surface area contributed by atoms with E-state index < -0.39 is 11.8 Å². The Morgan fingerprint density at radius 3 is 2.33 bits per heavy atom. The van der Waals surface area contributed by atoms with Crippen LogP contribution < -0.4 is 16.5 Å². The first-order valence-corrected chi connectivity index (χ1v) is 8.87. The van der Waals surface area contributed by atoms with Crippen molar-refractivity contribution >= 4 is 34.6 Å². The van der Waals surface area contributed by atoms with Crippen LogP contribution in [-0.4, -0.2) is 22.6 Å². The fourth-order valence-electron chi connectivity index (χ4n) is 2.82. The zero-order chi connectivity index (χ0) is 21.5. The molecule has 3 rings (SSSR count). The number of benzene rings is 3. The smallest absolute Gasteiger partial charge is 0.337 e. The van der Waals surface area contributed by atoms with E-state index in [9.17, 15) is 9.90 Å². The summed E-state index contributed by atoms with van der Waals surface area (Å²) in [4.78, 5) is 11.8. The number of nitrogens with one attached hydrogen (secondary N) is 3. The highest BCUT2D eigenvalue weighted by Crippen LogP contribution is 2.35. The molecule has 148 valence electrons. The SMILES string of the molecule is N#C/C(=N\Nc1cccc(C(=O)O)c1Nc1ccccc1-c1ccccc1)C(=N)N. The van der Waals surface area contributed by atoms with Gasteiger partial charge >= 0.3 is 5.97 Å². The van der Waals surface area contributed by atoms with Crippen molar-refractivity contribution in [3.8, 4) is 17.2 Å². The maximum absolute atomic E-state index is 11.8. The molecule has 6 N–H and O–H groups in total. The standard InChI is InChI=1S/C22H18N6O2/c23-13-19(21(24)25)28-27-18-12-6-10-16(22(29)30)20(18)26-17-11-5-4-9-15(17)14-7-2-1-3-8-14/h1-12,26-27H,(H3,24,25)(H,29,30)/b28-19+. The first-order chi connectivity index (χ1) is 14.5. The van der Waals surface area contributed by atoms with Crippen molar-refractivity contribution in [3.63, 3.8) is 0 Å². The van der Waals surface area contributed by atoms with Crippen LogP contribution in [0.15, 0.2) is 77.9 Å². The molecule has 0 saturated heterocycles. The van der Waals surface area contributed by atoms with Crippen LogP contribution in [0.5, 0.6) is 0 Å². The van der Waals surface area contributed by atoms with E-state index in [2.05, 4.69) is 15.8 Å². The number of carboxylic acid groups (broad SMARTS) is 1. The fourth-order valence-corrected chi connectivity index (χ4v) is 2.82. The molecule has 3 aromatic rings. The summed E-state index contributed by atoms with van der Waals surface area (Å²) >= 11 is 0. The Hall–Kier alpha value is -4.64. The average molecular weight is 398 g/mol. The van der Waals surface area contributed by atoms with E-state index in [1.165, 1.54) is 6.07 Å². The van der Waals surface area contributed by atoms with Crippen LogP contribution in [0.4, 0.5) is 17.1 Å². The zero-order valence-electron chi connectivity index (χ0n) is 15.8. The van der Waals surface area contributed by atoms with Gasteiger partial charge in [0.2, 0.25) is 5.71 Å². The number of hydrogen-bond acceptors (Lipinski definition) is 6. The number of aromatic carboxylic acids is 1. The number of para-hydroxylation sites is 2. The summed E-state index contributed by atoms with van der Waals surface area (Å²) in [6, 6.07) is 23.5. The summed E-state index contributed by atoms with van der Waals surface area (Å²) in [7, 11) is 0. The quantitative estimate of drug-likeness (QED) is 0.231. The Morgan fingerprint density at radius 1 is 1.00 bits per heavy atom. The number of rotatable bonds is 7. The molecule has 0 aromatic heterocycles. The Labute approximate surface area is 172 Å². The van der Waals surface area contributed by atoms with Gasteiger partial charge in [-0.3, -0.25) is 10.8 Å². The fraction of sp³-hybridized carbons (Fsp3) is 0. The van der Waals surface area contributed by atoms with E-state index >= 15 is 0 Å². The first kappa shape index (κ1) is 20.1. The van der Waals surface area contributed by atoms with Crippen molar-refractivity contribution in [2.75, 3.05) is 10.7 Å². The third kappa shape index (κ3) is 4.43. The summed E-state index contributed by atoms with van der Waals surface area (Å²) in [5, 5.41) is 33.0. The van der Waals surface area contributed by atoms with Crippen molar-refractivity contribution in [2.24, 2.45) is 10.8 Å². The number of nitriles is 1. The Kier molecular flexibility index (Phi) is 6.05. The lowest BCUT2D eigenvalue weighted by atomic mass is 10.0. The molecular weight excluding hydrogens is 380 g/mol. The van der Waals surface area contributed by atoms with E-state index in [-0.39, 0.29) is 17.0 Å². The molecule has 0 saturated carbocycles. The molecule has 0 amide bonds. The molecule has 8 heteroatoms. The number of carboxylic acids is 1. The zero-order valence-corrected chi connectivity index (χ0v) is 15.8. The molecule has 0 aliphatic carbocycles. The monoisotopic (exact) mass is 398 g/mol. The maximum Gasteiger partial charge on any atom is 0.337 e. The van der Waals surface area contributed by atoms with Gasteiger partial charge in [0, 0.05) is 11.3 Å². The number of amidine groups is 1. The number of carbonyl (C=O) groups is 1. The molecule has 0 spiro atoms. The predicted octanol–water partition coefficient (Wildman–Crippen LogP) is 4.02. The molecule has 0 heterocycles. The van der Waals surface area contributed by atoms with Crippen molar-refractivity contribution in [3.05, 3.63) is 78.4 Å². The normalized spacial score (nSPS) is 10.7. The highest BCUT2D eigenvalue weighted by atomic mass is 16.4. The van der Waals surface area contributed by atoms with Crippen LogP contribution in [0.2, 0.25) is 0 Å². The van der Waals surface area contributed by atoms with Crippen molar-refractivity contribution in [1.29, 1.82) is 10.7 Å². The lowest BCUT2D eigenvalue weighted by molar-refractivity contribution is 0.0698. The van der Waals surface area contributed by atoms with Crippen LogP contribution in [0, 0.1) is 16.7 Å². The first-order valence-electron chi connectivity index (χ1n) is 8.87. The molecule has 0 bridgehead atoms. The number of nitrogens with zero attached hydrogens (tertiary/aromatic N) is 2. The van der Waals surface area contributed by atoms with Crippen LogP contribution in [0.3, 0.4) is 0 Å². The molecule has 8 nitrogen and oxygen atoms in total. The van der Waals surface area contributed by atoms with E-state index in [4.69, 9.17) is 16.4 Å². The van der Waals surface area contributed by atoms with Crippen LogP contribution in [-0.2, 0) is 0 Å². The molecule has 3 aromatic carbocycles. The Bertz CT molecular complexity index is 1170. The van der Waals surface area contributed by atoms with Gasteiger partial charge in [-0.25, -0.2) is 4.79 Å². The lowest BCUT2D eigenvalue weighted by Crippen LogP contribution is -2.22. The summed E-state index contributed by atoms with van der Waals surface area (Å²) in [5.41, 5.74) is 10.8. The topological polar surface area (TPSA) is 147 Å². The summed E-state index contributed by atoms with van der Waals surface area (Å²) < 4.78 is 0. The van der Waals surface area contributed by atoms with Crippen molar-refractivity contribution < 1.29 is 9.90 Å². The van der Waals surface area contributed by atoms with E-state index in [1.54, 1.807) is 18.2 Å². The van der Waals surface area contributed by atoms with Crippen molar-refractivity contribution in [1.82, 2.24) is 0 Å². The van der Waals surface area contributed by atoms with Gasteiger partial charge in [-0.1, -0.05) is 54.6 Å². The highest BCUT2D eigenvalue weighted by Gasteiger charge is 2.16. The van der Waals surface area contributed by atoms with Gasteiger partial charge in [0.1, 0.15) is 6.07 Å². The molecule has 30 heavy (non-hydrogen) atoms. The second kappa shape index (κ2) is 9.03. The van der Waals surface area contributed by atoms with E-state index in [0.29, 0.717) is 11.4 Å². The largest absolute Gasteiger partial charge is 0.478 e. The van der Waals surface area contributed by atoms with E-state index in [0.717, 1.165) is 11.1 Å².